The second-order valence-corrected chi connectivity index (χ2v) is 7.07. The number of carbonyl (C=O) groups excluding carboxylic acids is 2. The van der Waals surface area contributed by atoms with E-state index in [-0.39, 0.29) is 24.0 Å². The average Bonchev–Trinajstić information content (AvgIpc) is 2.98. The minimum absolute atomic E-state index is 0.0316. The predicted octanol–water partition coefficient (Wildman–Crippen LogP) is 2.41. The Hall–Kier alpha value is -2.83. The molecule has 3 rings (SSSR count). The summed E-state index contributed by atoms with van der Waals surface area (Å²) < 4.78 is 11.7. The molecule has 1 fully saturated rings. The second-order valence-electron chi connectivity index (χ2n) is 7.07. The summed E-state index contributed by atoms with van der Waals surface area (Å²) in [6, 6.07) is 5.19. The molecule has 2 aromatic rings. The van der Waals surface area contributed by atoms with E-state index in [1.807, 2.05) is 13.8 Å². The topological polar surface area (TPSA) is 104 Å². The van der Waals surface area contributed by atoms with Crippen molar-refractivity contribution in [3.63, 3.8) is 0 Å². The molecule has 1 saturated heterocycles. The first kappa shape index (κ1) is 18.9. The molecular formula is C20H25N3O4. The highest BCUT2D eigenvalue weighted by Gasteiger charge is 2.31. The van der Waals surface area contributed by atoms with Crippen molar-refractivity contribution >= 4 is 22.6 Å². The first-order valence-corrected chi connectivity index (χ1v) is 9.20. The zero-order valence-electron chi connectivity index (χ0n) is 15.8. The summed E-state index contributed by atoms with van der Waals surface area (Å²) in [4.78, 5) is 27.8. The van der Waals surface area contributed by atoms with Crippen LogP contribution < -0.4 is 20.5 Å². The number of nitrogens with one attached hydrogen (secondary N) is 1. The van der Waals surface area contributed by atoms with Crippen molar-refractivity contribution in [1.29, 1.82) is 0 Å². The van der Waals surface area contributed by atoms with Gasteiger partial charge in [0.25, 0.3) is 5.91 Å². The molecule has 1 aliphatic rings. The maximum Gasteiger partial charge on any atom is 0.252 e. The van der Waals surface area contributed by atoms with Gasteiger partial charge in [0.05, 0.1) is 17.7 Å². The normalized spacial score (nSPS) is 19.3. The standard InChI is InChI=1S/C20H25N3O4/c1-4-12-8-18(24)23-16(12)10-26-20-14-9-17(27-11(2)3)15(19(21)25)7-13(14)5-6-22-20/h5-7,9,11-12,16H,4,8,10H2,1-3H3,(H2,21,25)(H,23,24)/t12-,16-/m1/s1. The Kier molecular flexibility index (Phi) is 5.48. The van der Waals surface area contributed by atoms with E-state index in [0.717, 1.165) is 17.2 Å². The van der Waals surface area contributed by atoms with Gasteiger partial charge in [-0.15, -0.1) is 0 Å². The first-order valence-electron chi connectivity index (χ1n) is 9.20. The van der Waals surface area contributed by atoms with Crippen molar-refractivity contribution in [2.45, 2.75) is 45.8 Å². The van der Waals surface area contributed by atoms with Gasteiger partial charge in [0.2, 0.25) is 11.8 Å². The smallest absolute Gasteiger partial charge is 0.252 e. The van der Waals surface area contributed by atoms with E-state index in [2.05, 4.69) is 17.2 Å². The maximum absolute atomic E-state index is 11.8. The van der Waals surface area contributed by atoms with Crippen molar-refractivity contribution in [1.82, 2.24) is 10.3 Å². The Bertz CT molecular complexity index is 866. The van der Waals surface area contributed by atoms with E-state index >= 15 is 0 Å². The van der Waals surface area contributed by atoms with Crippen LogP contribution in [0, 0.1) is 5.92 Å². The fraction of sp³-hybridized carbons (Fsp3) is 0.450. The van der Waals surface area contributed by atoms with Gasteiger partial charge in [0, 0.05) is 18.0 Å². The number of carbonyl (C=O) groups is 2. The van der Waals surface area contributed by atoms with Gasteiger partial charge in [-0.2, -0.15) is 0 Å². The van der Waals surface area contributed by atoms with Gasteiger partial charge in [0.1, 0.15) is 12.4 Å². The first-order chi connectivity index (χ1) is 12.9. The van der Waals surface area contributed by atoms with Crippen LogP contribution >= 0.6 is 0 Å². The number of ether oxygens (including phenoxy) is 2. The van der Waals surface area contributed by atoms with Gasteiger partial charge >= 0.3 is 0 Å². The SMILES string of the molecule is CC[C@@H]1CC(=O)N[C@@H]1COc1nccc2cc(C(N)=O)c(OC(C)C)cc12. The third-order valence-electron chi connectivity index (χ3n) is 4.74. The molecule has 1 aliphatic heterocycles. The summed E-state index contributed by atoms with van der Waals surface area (Å²) >= 11 is 0. The van der Waals surface area contributed by atoms with Gasteiger partial charge in [-0.3, -0.25) is 9.59 Å². The van der Waals surface area contributed by atoms with E-state index < -0.39 is 5.91 Å². The van der Waals surface area contributed by atoms with E-state index in [9.17, 15) is 9.59 Å². The number of aromatic nitrogens is 1. The molecule has 2 heterocycles. The third-order valence-corrected chi connectivity index (χ3v) is 4.74. The number of benzene rings is 1. The maximum atomic E-state index is 11.8. The lowest BCUT2D eigenvalue weighted by molar-refractivity contribution is -0.119. The lowest BCUT2D eigenvalue weighted by atomic mass is 9.98. The Balaban J connectivity index is 1.91. The minimum atomic E-state index is -0.550. The van der Waals surface area contributed by atoms with Gasteiger partial charge in [-0.1, -0.05) is 13.3 Å². The van der Waals surface area contributed by atoms with Crippen LogP contribution in [0.15, 0.2) is 24.4 Å². The van der Waals surface area contributed by atoms with Crippen molar-refractivity contribution in [3.05, 3.63) is 30.0 Å². The van der Waals surface area contributed by atoms with Crippen LogP contribution in [0.5, 0.6) is 11.6 Å². The van der Waals surface area contributed by atoms with E-state index in [1.165, 1.54) is 0 Å². The molecule has 2 atom stereocenters. The van der Waals surface area contributed by atoms with Crippen LogP contribution in [0.1, 0.15) is 44.0 Å². The predicted molar refractivity (Wildman–Crippen MR) is 102 cm³/mol. The lowest BCUT2D eigenvalue weighted by Gasteiger charge is -2.19. The third kappa shape index (κ3) is 4.13. The van der Waals surface area contributed by atoms with Gasteiger partial charge < -0.3 is 20.5 Å². The van der Waals surface area contributed by atoms with Crippen molar-refractivity contribution in [2.24, 2.45) is 11.7 Å². The second kappa shape index (κ2) is 7.82. The molecule has 144 valence electrons. The summed E-state index contributed by atoms with van der Waals surface area (Å²) in [5.74, 6) is 0.608. The van der Waals surface area contributed by atoms with Crippen LogP contribution in [0.4, 0.5) is 0 Å². The average molecular weight is 371 g/mol. The largest absolute Gasteiger partial charge is 0.490 e. The zero-order valence-corrected chi connectivity index (χ0v) is 15.8. The minimum Gasteiger partial charge on any atom is -0.490 e. The number of nitrogens with two attached hydrogens (primary N) is 1. The summed E-state index contributed by atoms with van der Waals surface area (Å²) in [6.45, 7) is 6.16. The molecule has 0 unspecified atom stereocenters. The zero-order chi connectivity index (χ0) is 19.6. The summed E-state index contributed by atoms with van der Waals surface area (Å²) in [6.07, 6.45) is 2.95. The molecule has 0 radical (unpaired) electrons. The highest BCUT2D eigenvalue weighted by Crippen LogP contribution is 2.32. The molecule has 1 aromatic carbocycles. The molecule has 1 aromatic heterocycles. The number of nitrogens with zero attached hydrogens (tertiary/aromatic N) is 1. The van der Waals surface area contributed by atoms with E-state index in [1.54, 1.807) is 24.4 Å². The van der Waals surface area contributed by atoms with Crippen LogP contribution in [0.3, 0.4) is 0 Å². The van der Waals surface area contributed by atoms with Gasteiger partial charge in [-0.05, 0) is 43.4 Å². The van der Waals surface area contributed by atoms with E-state index in [4.69, 9.17) is 15.2 Å². The molecule has 0 aliphatic carbocycles. The Labute approximate surface area is 158 Å². The number of fused-ring (bicyclic) bond motifs is 1. The van der Waals surface area contributed by atoms with Crippen molar-refractivity contribution in [2.75, 3.05) is 6.61 Å². The van der Waals surface area contributed by atoms with Gasteiger partial charge in [0.15, 0.2) is 0 Å². The molecule has 27 heavy (non-hydrogen) atoms. The van der Waals surface area contributed by atoms with E-state index in [0.29, 0.717) is 30.2 Å². The van der Waals surface area contributed by atoms with Crippen LogP contribution in [0.2, 0.25) is 0 Å². The quantitative estimate of drug-likeness (QED) is 0.778. The van der Waals surface area contributed by atoms with Crippen LogP contribution in [0.25, 0.3) is 10.8 Å². The molecule has 0 bridgehead atoms. The molecule has 0 spiro atoms. The number of rotatable bonds is 7. The highest BCUT2D eigenvalue weighted by molar-refractivity contribution is 6.01. The summed E-state index contributed by atoms with van der Waals surface area (Å²) in [5, 5.41) is 4.47. The number of primary amides is 1. The molecule has 7 nitrogen and oxygen atoms in total. The molecule has 3 N–H and O–H groups in total. The Morgan fingerprint density at radius 3 is 2.85 bits per heavy atom. The number of amides is 2. The van der Waals surface area contributed by atoms with Gasteiger partial charge in [-0.25, -0.2) is 4.98 Å². The highest BCUT2D eigenvalue weighted by atomic mass is 16.5. The Morgan fingerprint density at radius 2 is 2.19 bits per heavy atom. The molecule has 2 amide bonds. The van der Waals surface area contributed by atoms with Crippen LogP contribution in [-0.4, -0.2) is 35.6 Å². The lowest BCUT2D eigenvalue weighted by Crippen LogP contribution is -2.34. The summed E-state index contributed by atoms with van der Waals surface area (Å²) in [7, 11) is 0. The number of hydrogen-bond acceptors (Lipinski definition) is 5. The molecule has 0 saturated carbocycles. The van der Waals surface area contributed by atoms with Crippen LogP contribution in [-0.2, 0) is 4.79 Å². The Morgan fingerprint density at radius 1 is 1.41 bits per heavy atom. The van der Waals surface area contributed by atoms with Crippen molar-refractivity contribution in [3.8, 4) is 11.6 Å². The molecular weight excluding hydrogens is 346 g/mol. The fourth-order valence-electron chi connectivity index (χ4n) is 3.37. The number of pyridine rings is 1. The molecule has 7 heteroatoms. The van der Waals surface area contributed by atoms with Crippen molar-refractivity contribution < 1.29 is 19.1 Å². The monoisotopic (exact) mass is 371 g/mol. The number of hydrogen-bond donors (Lipinski definition) is 2. The fourth-order valence-corrected chi connectivity index (χ4v) is 3.37. The summed E-state index contributed by atoms with van der Waals surface area (Å²) in [5.41, 5.74) is 5.82.